The normalized spacial score (nSPS) is 13.5. The van der Waals surface area contributed by atoms with Crippen molar-refractivity contribution in [3.8, 4) is 11.5 Å². The predicted molar refractivity (Wildman–Crippen MR) is 89.2 cm³/mol. The summed E-state index contributed by atoms with van der Waals surface area (Å²) in [7, 11) is 1.68. The molecule has 1 aliphatic rings. The van der Waals surface area contributed by atoms with Crippen molar-refractivity contribution in [2.24, 2.45) is 0 Å². The molecule has 0 spiro atoms. The third-order valence-corrected chi connectivity index (χ3v) is 4.22. The lowest BCUT2D eigenvalue weighted by molar-refractivity contribution is -0.120. The van der Waals surface area contributed by atoms with Crippen LogP contribution >= 0.6 is 15.9 Å². The summed E-state index contributed by atoms with van der Waals surface area (Å²) in [6.45, 7) is 1.37. The summed E-state index contributed by atoms with van der Waals surface area (Å²) in [6.07, 6.45) is 2.10. The van der Waals surface area contributed by atoms with E-state index < -0.39 is 0 Å². The highest BCUT2D eigenvalue weighted by molar-refractivity contribution is 9.10. The number of benzene rings is 2. The number of halogens is 1. The Bertz CT molecular complexity index is 702. The summed E-state index contributed by atoms with van der Waals surface area (Å²) in [4.78, 5) is 12.8. The number of aryl methyl sites for hydroxylation is 1. The number of nitrogens with zero attached hydrogens (tertiary/aromatic N) is 1. The van der Waals surface area contributed by atoms with E-state index >= 15 is 0 Å². The summed E-state index contributed by atoms with van der Waals surface area (Å²) in [5.41, 5.74) is 3.43. The lowest BCUT2D eigenvalue weighted by atomic mass is 10.0. The first-order chi connectivity index (χ1) is 10.7. The van der Waals surface area contributed by atoms with Crippen molar-refractivity contribution >= 4 is 33.8 Å². The molecule has 0 saturated carbocycles. The minimum absolute atomic E-state index is 0.445. The number of carbonyl (C=O) groups is 1. The van der Waals surface area contributed by atoms with Crippen LogP contribution in [0, 0.1) is 0 Å². The first-order valence-electron chi connectivity index (χ1n) is 7.06. The van der Waals surface area contributed by atoms with E-state index in [0.29, 0.717) is 12.2 Å². The van der Waals surface area contributed by atoms with E-state index in [1.54, 1.807) is 13.2 Å². The van der Waals surface area contributed by atoms with Crippen LogP contribution in [0.15, 0.2) is 40.9 Å². The van der Waals surface area contributed by atoms with Crippen molar-refractivity contribution in [1.82, 2.24) is 0 Å². The summed E-state index contributed by atoms with van der Waals surface area (Å²) < 4.78 is 11.2. The molecule has 1 aliphatic heterocycles. The lowest BCUT2D eigenvalue weighted by Crippen LogP contribution is -2.24. The zero-order valence-electron chi connectivity index (χ0n) is 12.2. The second kappa shape index (κ2) is 6.40. The highest BCUT2D eigenvalue weighted by atomic mass is 79.9. The molecule has 0 N–H and O–H groups in total. The number of carbonyl (C=O) groups excluding carboxylic acids is 1. The molecule has 0 fully saturated rings. The van der Waals surface area contributed by atoms with E-state index in [0.717, 1.165) is 35.3 Å². The van der Waals surface area contributed by atoms with Crippen LogP contribution in [0.2, 0.25) is 0 Å². The smallest absolute Gasteiger partial charge is 0.298 e. The molecule has 2 aromatic rings. The van der Waals surface area contributed by atoms with Crippen molar-refractivity contribution in [3.05, 3.63) is 46.4 Å². The van der Waals surface area contributed by atoms with Gasteiger partial charge in [-0.2, -0.15) is 0 Å². The number of hydrogen-bond acceptors (Lipinski definition) is 4. The molecule has 4 nitrogen and oxygen atoms in total. The van der Waals surface area contributed by atoms with Crippen LogP contribution < -0.4 is 14.4 Å². The molecule has 22 heavy (non-hydrogen) atoms. The first kappa shape index (κ1) is 14.9. The van der Waals surface area contributed by atoms with Crippen molar-refractivity contribution in [2.45, 2.75) is 12.8 Å². The van der Waals surface area contributed by atoms with E-state index in [4.69, 9.17) is 9.47 Å². The highest BCUT2D eigenvalue weighted by Crippen LogP contribution is 2.38. The Labute approximate surface area is 137 Å². The molecule has 1 heterocycles. The van der Waals surface area contributed by atoms with Gasteiger partial charge in [0, 0.05) is 28.5 Å². The third kappa shape index (κ3) is 2.95. The Morgan fingerprint density at radius 2 is 2.05 bits per heavy atom. The number of ether oxygens (including phenoxy) is 2. The van der Waals surface area contributed by atoms with Crippen molar-refractivity contribution in [2.75, 3.05) is 18.6 Å². The number of fused-ring (bicyclic) bond motifs is 1. The van der Waals surface area contributed by atoms with Crippen LogP contribution in [0.5, 0.6) is 11.5 Å². The quantitative estimate of drug-likeness (QED) is 0.769. The van der Waals surface area contributed by atoms with E-state index in [9.17, 15) is 4.79 Å². The molecule has 0 bridgehead atoms. The molecule has 0 amide bonds. The Kier molecular flexibility index (Phi) is 4.34. The molecule has 0 unspecified atom stereocenters. The number of rotatable bonds is 4. The van der Waals surface area contributed by atoms with Gasteiger partial charge in [-0.25, -0.2) is 0 Å². The molecule has 0 aliphatic carbocycles. The summed E-state index contributed by atoms with van der Waals surface area (Å²) in [5.74, 6) is 1.40. The molecule has 3 rings (SSSR count). The van der Waals surface area contributed by atoms with E-state index in [1.165, 1.54) is 11.3 Å². The van der Waals surface area contributed by atoms with Crippen molar-refractivity contribution in [1.29, 1.82) is 0 Å². The largest absolute Gasteiger partial charge is 0.497 e. The van der Waals surface area contributed by atoms with Gasteiger partial charge in [0.25, 0.3) is 6.47 Å². The van der Waals surface area contributed by atoms with Crippen LogP contribution in [0.25, 0.3) is 0 Å². The van der Waals surface area contributed by atoms with Gasteiger partial charge in [0.2, 0.25) is 0 Å². The zero-order chi connectivity index (χ0) is 15.5. The second-order valence-electron chi connectivity index (χ2n) is 5.11. The standard InChI is InChI=1S/C17H16BrNO3/c1-21-15-4-5-17-12(7-15)3-2-6-19(17)14-8-13(18)9-16(10-14)22-11-20/h4-5,7-11H,2-3,6H2,1H3. The van der Waals surface area contributed by atoms with E-state index in [1.807, 2.05) is 18.2 Å². The molecular weight excluding hydrogens is 346 g/mol. The maximum Gasteiger partial charge on any atom is 0.298 e. The van der Waals surface area contributed by atoms with Gasteiger partial charge in [-0.05, 0) is 48.7 Å². The van der Waals surface area contributed by atoms with Gasteiger partial charge in [-0.3, -0.25) is 4.79 Å². The summed E-state index contributed by atoms with van der Waals surface area (Å²) in [6, 6.07) is 11.8. The van der Waals surface area contributed by atoms with Crippen molar-refractivity contribution < 1.29 is 14.3 Å². The van der Waals surface area contributed by atoms with Crippen LogP contribution in [0.3, 0.4) is 0 Å². The van der Waals surface area contributed by atoms with E-state index in [2.05, 4.69) is 33.0 Å². The predicted octanol–water partition coefficient (Wildman–Crippen LogP) is 4.08. The maximum absolute atomic E-state index is 10.6. The molecule has 0 radical (unpaired) electrons. The van der Waals surface area contributed by atoms with Crippen LogP contribution in [0.1, 0.15) is 12.0 Å². The molecular formula is C17H16BrNO3. The SMILES string of the molecule is COc1ccc2c(c1)CCCN2c1cc(Br)cc(OC=O)c1. The van der Waals surface area contributed by atoms with Crippen LogP contribution in [0.4, 0.5) is 11.4 Å². The van der Waals surface area contributed by atoms with Gasteiger partial charge in [0.1, 0.15) is 11.5 Å². The fourth-order valence-electron chi connectivity index (χ4n) is 2.80. The Balaban J connectivity index is 2.02. The number of hydrogen-bond donors (Lipinski definition) is 0. The van der Waals surface area contributed by atoms with Gasteiger partial charge in [-0.1, -0.05) is 15.9 Å². The first-order valence-corrected chi connectivity index (χ1v) is 7.86. The number of methoxy groups -OCH3 is 1. The average molecular weight is 362 g/mol. The monoisotopic (exact) mass is 361 g/mol. The summed E-state index contributed by atoms with van der Waals surface area (Å²) >= 11 is 3.47. The van der Waals surface area contributed by atoms with Gasteiger partial charge >= 0.3 is 0 Å². The molecule has 0 saturated heterocycles. The second-order valence-corrected chi connectivity index (χ2v) is 6.02. The van der Waals surface area contributed by atoms with E-state index in [-0.39, 0.29) is 0 Å². The Morgan fingerprint density at radius 1 is 1.18 bits per heavy atom. The maximum atomic E-state index is 10.6. The van der Waals surface area contributed by atoms with Gasteiger partial charge in [0.15, 0.2) is 0 Å². The summed E-state index contributed by atoms with van der Waals surface area (Å²) in [5, 5.41) is 0. The molecule has 2 aromatic carbocycles. The average Bonchev–Trinajstić information content (AvgIpc) is 2.53. The molecule has 0 atom stereocenters. The molecule has 114 valence electrons. The highest BCUT2D eigenvalue weighted by Gasteiger charge is 2.19. The zero-order valence-corrected chi connectivity index (χ0v) is 13.8. The van der Waals surface area contributed by atoms with Crippen LogP contribution in [-0.2, 0) is 11.2 Å². The minimum Gasteiger partial charge on any atom is -0.497 e. The van der Waals surface area contributed by atoms with Crippen molar-refractivity contribution in [3.63, 3.8) is 0 Å². The van der Waals surface area contributed by atoms with Gasteiger partial charge in [-0.15, -0.1) is 0 Å². The van der Waals surface area contributed by atoms with Crippen LogP contribution in [-0.4, -0.2) is 20.1 Å². The van der Waals surface area contributed by atoms with Gasteiger partial charge < -0.3 is 14.4 Å². The minimum atomic E-state index is 0.445. The number of anilines is 2. The third-order valence-electron chi connectivity index (χ3n) is 3.76. The van der Waals surface area contributed by atoms with Gasteiger partial charge in [0.05, 0.1) is 7.11 Å². The Hall–Kier alpha value is -2.01. The Morgan fingerprint density at radius 3 is 2.82 bits per heavy atom. The molecule has 0 aromatic heterocycles. The fraction of sp³-hybridized carbons (Fsp3) is 0.235. The fourth-order valence-corrected chi connectivity index (χ4v) is 3.26. The molecule has 5 heteroatoms. The lowest BCUT2D eigenvalue weighted by Gasteiger charge is -2.32. The topological polar surface area (TPSA) is 38.8 Å².